The van der Waals surface area contributed by atoms with Gasteiger partial charge < -0.3 is 9.47 Å². The van der Waals surface area contributed by atoms with Crippen molar-refractivity contribution in [1.29, 1.82) is 0 Å². The van der Waals surface area contributed by atoms with Crippen molar-refractivity contribution in [3.63, 3.8) is 0 Å². The van der Waals surface area contributed by atoms with Crippen LogP contribution in [0.4, 0.5) is 0 Å². The molecule has 2 rings (SSSR count). The Labute approximate surface area is 112 Å². The SMILES string of the molecule is COc1ccc(Cl)cc1C(NN)C1CCCOC1. The Morgan fingerprint density at radius 3 is 3.00 bits per heavy atom. The van der Waals surface area contributed by atoms with Crippen LogP contribution in [0, 0.1) is 5.92 Å². The van der Waals surface area contributed by atoms with Crippen molar-refractivity contribution in [2.45, 2.75) is 18.9 Å². The van der Waals surface area contributed by atoms with Gasteiger partial charge in [-0.15, -0.1) is 0 Å². The van der Waals surface area contributed by atoms with Gasteiger partial charge in [0.2, 0.25) is 0 Å². The fraction of sp³-hybridized carbons (Fsp3) is 0.538. The summed E-state index contributed by atoms with van der Waals surface area (Å²) in [5, 5.41) is 0.683. The topological polar surface area (TPSA) is 56.5 Å². The summed E-state index contributed by atoms with van der Waals surface area (Å²) < 4.78 is 10.9. The number of nitrogens with one attached hydrogen (secondary N) is 1. The van der Waals surface area contributed by atoms with Gasteiger partial charge in [-0.25, -0.2) is 0 Å². The zero-order valence-corrected chi connectivity index (χ0v) is 11.2. The van der Waals surface area contributed by atoms with E-state index in [1.54, 1.807) is 7.11 Å². The Bertz CT molecular complexity index is 395. The van der Waals surface area contributed by atoms with Crippen molar-refractivity contribution in [1.82, 2.24) is 5.43 Å². The molecule has 1 saturated heterocycles. The maximum Gasteiger partial charge on any atom is 0.123 e. The van der Waals surface area contributed by atoms with Crippen LogP contribution in [0.2, 0.25) is 5.02 Å². The van der Waals surface area contributed by atoms with E-state index in [1.807, 2.05) is 18.2 Å². The van der Waals surface area contributed by atoms with Crippen LogP contribution in [0.15, 0.2) is 18.2 Å². The van der Waals surface area contributed by atoms with Crippen molar-refractivity contribution in [2.75, 3.05) is 20.3 Å². The summed E-state index contributed by atoms with van der Waals surface area (Å²) in [6, 6.07) is 5.58. The molecule has 5 heteroatoms. The Kier molecular flexibility index (Phi) is 4.83. The van der Waals surface area contributed by atoms with Gasteiger partial charge in [-0.05, 0) is 31.0 Å². The van der Waals surface area contributed by atoms with Gasteiger partial charge in [0.05, 0.1) is 19.8 Å². The van der Waals surface area contributed by atoms with E-state index >= 15 is 0 Å². The summed E-state index contributed by atoms with van der Waals surface area (Å²) in [6.07, 6.45) is 2.15. The van der Waals surface area contributed by atoms with Crippen LogP contribution in [0.3, 0.4) is 0 Å². The molecule has 18 heavy (non-hydrogen) atoms. The number of benzene rings is 1. The monoisotopic (exact) mass is 270 g/mol. The van der Waals surface area contributed by atoms with Gasteiger partial charge in [0.1, 0.15) is 5.75 Å². The van der Waals surface area contributed by atoms with Gasteiger partial charge in [0.25, 0.3) is 0 Å². The Balaban J connectivity index is 2.27. The van der Waals surface area contributed by atoms with Crippen LogP contribution in [0.25, 0.3) is 0 Å². The molecule has 0 radical (unpaired) electrons. The van der Waals surface area contributed by atoms with Crippen LogP contribution in [0.1, 0.15) is 24.4 Å². The number of halogens is 1. The number of hydrogen-bond acceptors (Lipinski definition) is 4. The molecule has 0 saturated carbocycles. The van der Waals surface area contributed by atoms with Gasteiger partial charge >= 0.3 is 0 Å². The maximum atomic E-state index is 6.06. The second-order valence-electron chi connectivity index (χ2n) is 4.51. The second-order valence-corrected chi connectivity index (χ2v) is 4.94. The smallest absolute Gasteiger partial charge is 0.123 e. The molecule has 2 unspecified atom stereocenters. The summed E-state index contributed by atoms with van der Waals surface area (Å²) in [7, 11) is 1.65. The number of hydrazine groups is 1. The van der Waals surface area contributed by atoms with Crippen molar-refractivity contribution in [2.24, 2.45) is 11.8 Å². The number of hydrogen-bond donors (Lipinski definition) is 2. The number of rotatable bonds is 4. The molecule has 0 amide bonds. The summed E-state index contributed by atoms with van der Waals surface area (Å²) in [6.45, 7) is 1.55. The number of methoxy groups -OCH3 is 1. The van der Waals surface area contributed by atoms with Crippen LogP contribution < -0.4 is 16.0 Å². The van der Waals surface area contributed by atoms with Crippen molar-refractivity contribution in [3.05, 3.63) is 28.8 Å². The lowest BCUT2D eigenvalue weighted by molar-refractivity contribution is 0.0386. The molecule has 1 aliphatic rings. The van der Waals surface area contributed by atoms with Gasteiger partial charge in [-0.1, -0.05) is 11.6 Å². The molecule has 0 aliphatic carbocycles. The first-order valence-electron chi connectivity index (χ1n) is 6.13. The highest BCUT2D eigenvalue weighted by Gasteiger charge is 2.27. The minimum Gasteiger partial charge on any atom is -0.496 e. The van der Waals surface area contributed by atoms with Crippen LogP contribution >= 0.6 is 11.6 Å². The fourth-order valence-electron chi connectivity index (χ4n) is 2.46. The van der Waals surface area contributed by atoms with Crippen molar-refractivity contribution < 1.29 is 9.47 Å². The molecular weight excluding hydrogens is 252 g/mol. The Morgan fingerprint density at radius 2 is 2.39 bits per heavy atom. The van der Waals surface area contributed by atoms with Crippen LogP contribution in [0.5, 0.6) is 5.75 Å². The summed E-state index contributed by atoms with van der Waals surface area (Å²) in [5.41, 5.74) is 3.86. The molecule has 3 N–H and O–H groups in total. The van der Waals surface area contributed by atoms with E-state index in [0.29, 0.717) is 17.5 Å². The second kappa shape index (κ2) is 6.38. The molecule has 1 aromatic carbocycles. The van der Waals surface area contributed by atoms with E-state index in [2.05, 4.69) is 5.43 Å². The summed E-state index contributed by atoms with van der Waals surface area (Å²) >= 11 is 6.06. The first kappa shape index (κ1) is 13.6. The fourth-order valence-corrected chi connectivity index (χ4v) is 2.64. The van der Waals surface area contributed by atoms with Crippen LogP contribution in [-0.4, -0.2) is 20.3 Å². The van der Waals surface area contributed by atoms with Gasteiger partial charge in [-0.2, -0.15) is 0 Å². The van der Waals surface area contributed by atoms with E-state index in [1.165, 1.54) is 0 Å². The van der Waals surface area contributed by atoms with E-state index in [4.69, 9.17) is 26.9 Å². The number of nitrogens with two attached hydrogens (primary N) is 1. The third-order valence-corrected chi connectivity index (χ3v) is 3.61. The van der Waals surface area contributed by atoms with Crippen molar-refractivity contribution in [3.8, 4) is 5.75 Å². The predicted octanol–water partition coefficient (Wildman–Crippen LogP) is 2.28. The lowest BCUT2D eigenvalue weighted by Crippen LogP contribution is -2.37. The summed E-state index contributed by atoms with van der Waals surface area (Å²) in [5.74, 6) is 6.85. The van der Waals surface area contributed by atoms with Gasteiger partial charge in [0.15, 0.2) is 0 Å². The quantitative estimate of drug-likeness (QED) is 0.651. The van der Waals surface area contributed by atoms with E-state index < -0.39 is 0 Å². The first-order chi connectivity index (χ1) is 8.76. The molecule has 0 bridgehead atoms. The van der Waals surface area contributed by atoms with E-state index in [-0.39, 0.29) is 6.04 Å². The maximum absolute atomic E-state index is 6.06. The minimum atomic E-state index is -0.000972. The zero-order chi connectivity index (χ0) is 13.0. The highest BCUT2D eigenvalue weighted by atomic mass is 35.5. The largest absolute Gasteiger partial charge is 0.496 e. The van der Waals surface area contributed by atoms with Crippen molar-refractivity contribution >= 4 is 11.6 Å². The molecule has 1 fully saturated rings. The molecule has 1 aliphatic heterocycles. The highest BCUT2D eigenvalue weighted by Crippen LogP contribution is 2.35. The molecule has 4 nitrogen and oxygen atoms in total. The lowest BCUT2D eigenvalue weighted by Gasteiger charge is -2.30. The normalized spacial score (nSPS) is 21.6. The van der Waals surface area contributed by atoms with E-state index in [9.17, 15) is 0 Å². The molecular formula is C13H19ClN2O2. The molecule has 0 spiro atoms. The number of ether oxygens (including phenoxy) is 2. The third-order valence-electron chi connectivity index (χ3n) is 3.37. The van der Waals surface area contributed by atoms with Gasteiger partial charge in [0, 0.05) is 23.1 Å². The third kappa shape index (κ3) is 2.95. The molecule has 100 valence electrons. The first-order valence-corrected chi connectivity index (χ1v) is 6.51. The standard InChI is InChI=1S/C13H19ClN2O2/c1-17-12-5-4-10(14)7-11(12)13(16-15)9-3-2-6-18-8-9/h4-5,7,9,13,16H,2-3,6,8,15H2,1H3. The zero-order valence-electron chi connectivity index (χ0n) is 10.5. The highest BCUT2D eigenvalue weighted by molar-refractivity contribution is 6.30. The van der Waals surface area contributed by atoms with Crippen LogP contribution in [-0.2, 0) is 4.74 Å². The average Bonchev–Trinajstić information content (AvgIpc) is 2.41. The minimum absolute atomic E-state index is 0.000972. The lowest BCUT2D eigenvalue weighted by atomic mass is 9.88. The summed E-state index contributed by atoms with van der Waals surface area (Å²) in [4.78, 5) is 0. The Morgan fingerprint density at radius 1 is 1.56 bits per heavy atom. The molecule has 2 atom stereocenters. The average molecular weight is 271 g/mol. The predicted molar refractivity (Wildman–Crippen MR) is 71.6 cm³/mol. The molecule has 1 heterocycles. The Hall–Kier alpha value is -0.810. The molecule has 1 aromatic rings. The van der Waals surface area contributed by atoms with E-state index in [0.717, 1.165) is 30.8 Å². The van der Waals surface area contributed by atoms with Gasteiger partial charge in [-0.3, -0.25) is 11.3 Å². The molecule has 0 aromatic heterocycles.